The molecule has 0 aromatic heterocycles. The van der Waals surface area contributed by atoms with Gasteiger partial charge >= 0.3 is 0 Å². The summed E-state index contributed by atoms with van der Waals surface area (Å²) in [4.78, 5) is 16.9. The number of hydrogen-bond donors (Lipinski definition) is 2. The van der Waals surface area contributed by atoms with Gasteiger partial charge in [0.15, 0.2) is 0 Å². The molecule has 1 unspecified atom stereocenters. The fourth-order valence-corrected chi connectivity index (χ4v) is 1.96. The minimum Gasteiger partial charge on any atom is -0.384 e. The number of anilines is 1. The Labute approximate surface area is 106 Å². The Hall–Kier alpha value is -1.59. The van der Waals surface area contributed by atoms with E-state index in [0.717, 1.165) is 12.1 Å². The number of methoxy groups -OCH3 is 1. The van der Waals surface area contributed by atoms with E-state index in [1.807, 2.05) is 24.3 Å². The van der Waals surface area contributed by atoms with E-state index < -0.39 is 0 Å². The molecule has 2 rings (SSSR count). The molecule has 98 valence electrons. The van der Waals surface area contributed by atoms with Crippen LogP contribution in [-0.2, 0) is 20.8 Å². The van der Waals surface area contributed by atoms with Gasteiger partial charge in [-0.2, -0.15) is 0 Å². The summed E-state index contributed by atoms with van der Waals surface area (Å²) in [6.07, 6.45) is 0.739. The summed E-state index contributed by atoms with van der Waals surface area (Å²) in [7, 11) is 1.59. The number of fused-ring (bicyclic) bond motifs is 1. The molecule has 1 atom stereocenters. The zero-order valence-electron chi connectivity index (χ0n) is 10.4. The Bertz CT molecular complexity index is 409. The van der Waals surface area contributed by atoms with Crippen molar-refractivity contribution in [2.24, 2.45) is 5.92 Å². The van der Waals surface area contributed by atoms with Gasteiger partial charge in [-0.05, 0) is 18.1 Å². The molecule has 18 heavy (non-hydrogen) atoms. The molecule has 1 aliphatic heterocycles. The van der Waals surface area contributed by atoms with E-state index in [4.69, 9.17) is 9.57 Å². The molecular formula is C13H18N2O3. The first-order valence-corrected chi connectivity index (χ1v) is 6.03. The number of carbonyl (C=O) groups excluding carboxylic acids is 1. The summed E-state index contributed by atoms with van der Waals surface area (Å²) >= 11 is 0. The van der Waals surface area contributed by atoms with Crippen molar-refractivity contribution < 1.29 is 14.4 Å². The lowest BCUT2D eigenvalue weighted by Crippen LogP contribution is -2.38. The number of nitrogens with one attached hydrogen (secondary N) is 2. The van der Waals surface area contributed by atoms with E-state index in [2.05, 4.69) is 10.8 Å². The lowest BCUT2D eigenvalue weighted by atomic mass is 9.93. The van der Waals surface area contributed by atoms with Crippen molar-refractivity contribution in [2.45, 2.75) is 6.42 Å². The number of benzene rings is 1. The molecule has 1 aromatic carbocycles. The zero-order chi connectivity index (χ0) is 12.8. The Morgan fingerprint density at radius 2 is 2.28 bits per heavy atom. The van der Waals surface area contributed by atoms with E-state index in [9.17, 15) is 4.79 Å². The second-order valence-corrected chi connectivity index (χ2v) is 4.25. The predicted octanol–water partition coefficient (Wildman–Crippen LogP) is 0.965. The fraction of sp³-hybridized carbons (Fsp3) is 0.462. The number of para-hydroxylation sites is 1. The molecular weight excluding hydrogens is 232 g/mol. The van der Waals surface area contributed by atoms with Crippen LogP contribution in [0.2, 0.25) is 0 Å². The molecule has 2 N–H and O–H groups in total. The van der Waals surface area contributed by atoms with Crippen molar-refractivity contribution in [2.75, 3.05) is 32.2 Å². The van der Waals surface area contributed by atoms with Crippen LogP contribution < -0.4 is 10.8 Å². The Kier molecular flexibility index (Phi) is 4.55. The fourth-order valence-electron chi connectivity index (χ4n) is 1.96. The third kappa shape index (κ3) is 3.21. The first kappa shape index (κ1) is 12.9. The first-order chi connectivity index (χ1) is 8.81. The van der Waals surface area contributed by atoms with Gasteiger partial charge in [0, 0.05) is 19.3 Å². The molecule has 0 radical (unpaired) electrons. The standard InChI is InChI=1S/C13H18N2O3/c1-17-6-7-18-15-13(16)11-8-10-4-2-3-5-12(10)14-9-11/h2-5,11,14H,6-9H2,1H3,(H,15,16). The Balaban J connectivity index is 1.83. The van der Waals surface area contributed by atoms with Crippen molar-refractivity contribution in [3.05, 3.63) is 29.8 Å². The molecule has 0 saturated heterocycles. The smallest absolute Gasteiger partial charge is 0.248 e. The van der Waals surface area contributed by atoms with E-state index in [1.165, 1.54) is 5.56 Å². The van der Waals surface area contributed by atoms with Gasteiger partial charge in [0.05, 0.1) is 19.1 Å². The van der Waals surface area contributed by atoms with Gasteiger partial charge in [-0.25, -0.2) is 5.48 Å². The van der Waals surface area contributed by atoms with Crippen LogP contribution in [0.3, 0.4) is 0 Å². The summed E-state index contributed by atoms with van der Waals surface area (Å²) in [6.45, 7) is 1.46. The predicted molar refractivity (Wildman–Crippen MR) is 68.1 cm³/mol. The van der Waals surface area contributed by atoms with Crippen LogP contribution in [0.25, 0.3) is 0 Å². The molecule has 0 spiro atoms. The van der Waals surface area contributed by atoms with Gasteiger partial charge in [-0.3, -0.25) is 9.63 Å². The Morgan fingerprint density at radius 1 is 1.44 bits per heavy atom. The summed E-state index contributed by atoms with van der Waals surface area (Å²) in [5.41, 5.74) is 4.74. The van der Waals surface area contributed by atoms with Crippen LogP contribution in [0.1, 0.15) is 5.56 Å². The maximum atomic E-state index is 11.9. The largest absolute Gasteiger partial charge is 0.384 e. The molecule has 1 aliphatic rings. The van der Waals surface area contributed by atoms with Gasteiger partial charge in [-0.1, -0.05) is 18.2 Å². The van der Waals surface area contributed by atoms with Gasteiger partial charge in [-0.15, -0.1) is 0 Å². The molecule has 0 saturated carbocycles. The number of carbonyl (C=O) groups is 1. The number of rotatable bonds is 5. The zero-order valence-corrected chi connectivity index (χ0v) is 10.4. The third-order valence-electron chi connectivity index (χ3n) is 2.96. The highest BCUT2D eigenvalue weighted by atomic mass is 16.7. The molecule has 5 heteroatoms. The van der Waals surface area contributed by atoms with Crippen LogP contribution in [0, 0.1) is 5.92 Å². The number of hydrogen-bond acceptors (Lipinski definition) is 4. The second kappa shape index (κ2) is 6.37. The van der Waals surface area contributed by atoms with E-state index in [-0.39, 0.29) is 11.8 Å². The maximum absolute atomic E-state index is 11.9. The van der Waals surface area contributed by atoms with Gasteiger partial charge < -0.3 is 10.1 Å². The lowest BCUT2D eigenvalue weighted by Gasteiger charge is -2.25. The van der Waals surface area contributed by atoms with Crippen LogP contribution >= 0.6 is 0 Å². The quantitative estimate of drug-likeness (QED) is 0.604. The highest BCUT2D eigenvalue weighted by molar-refractivity contribution is 5.79. The normalized spacial score (nSPS) is 17.7. The molecule has 1 amide bonds. The first-order valence-electron chi connectivity index (χ1n) is 6.03. The highest BCUT2D eigenvalue weighted by Gasteiger charge is 2.24. The van der Waals surface area contributed by atoms with Crippen LogP contribution in [0.4, 0.5) is 5.69 Å². The SMILES string of the molecule is COCCONC(=O)C1CNc2ccccc2C1. The average Bonchev–Trinajstić information content (AvgIpc) is 2.43. The number of amides is 1. The molecule has 0 fully saturated rings. The third-order valence-corrected chi connectivity index (χ3v) is 2.96. The maximum Gasteiger partial charge on any atom is 0.248 e. The van der Waals surface area contributed by atoms with Crippen molar-refractivity contribution in [1.29, 1.82) is 0 Å². The topological polar surface area (TPSA) is 59.6 Å². The average molecular weight is 250 g/mol. The van der Waals surface area contributed by atoms with Crippen molar-refractivity contribution >= 4 is 11.6 Å². The summed E-state index contributed by atoms with van der Waals surface area (Å²) < 4.78 is 4.83. The van der Waals surface area contributed by atoms with Gasteiger partial charge in [0.1, 0.15) is 0 Å². The monoisotopic (exact) mass is 250 g/mol. The molecule has 0 bridgehead atoms. The van der Waals surface area contributed by atoms with Crippen molar-refractivity contribution in [3.63, 3.8) is 0 Å². The molecule has 1 heterocycles. The summed E-state index contributed by atoms with van der Waals surface area (Å²) in [5.74, 6) is -0.185. The van der Waals surface area contributed by atoms with Gasteiger partial charge in [0.2, 0.25) is 5.91 Å². The minimum atomic E-state index is -0.0950. The summed E-state index contributed by atoms with van der Waals surface area (Å²) in [6, 6.07) is 8.03. The lowest BCUT2D eigenvalue weighted by molar-refractivity contribution is -0.138. The van der Waals surface area contributed by atoms with E-state index >= 15 is 0 Å². The van der Waals surface area contributed by atoms with Gasteiger partial charge in [0.25, 0.3) is 0 Å². The Morgan fingerprint density at radius 3 is 3.11 bits per heavy atom. The van der Waals surface area contributed by atoms with E-state index in [1.54, 1.807) is 7.11 Å². The molecule has 1 aromatic rings. The molecule has 0 aliphatic carbocycles. The second-order valence-electron chi connectivity index (χ2n) is 4.25. The minimum absolute atomic E-state index is 0.0897. The van der Waals surface area contributed by atoms with Crippen LogP contribution in [0.5, 0.6) is 0 Å². The molecule has 5 nitrogen and oxygen atoms in total. The van der Waals surface area contributed by atoms with E-state index in [0.29, 0.717) is 19.8 Å². The van der Waals surface area contributed by atoms with Crippen LogP contribution in [0.15, 0.2) is 24.3 Å². The van der Waals surface area contributed by atoms with Crippen molar-refractivity contribution in [3.8, 4) is 0 Å². The van der Waals surface area contributed by atoms with Crippen molar-refractivity contribution in [1.82, 2.24) is 5.48 Å². The highest BCUT2D eigenvalue weighted by Crippen LogP contribution is 2.24. The number of ether oxygens (including phenoxy) is 1. The summed E-state index contributed by atoms with van der Waals surface area (Å²) in [5, 5.41) is 3.25. The van der Waals surface area contributed by atoms with Crippen LogP contribution in [-0.4, -0.2) is 32.8 Å². The number of hydroxylamine groups is 1.